The lowest BCUT2D eigenvalue weighted by atomic mass is 10.0. The number of thiophene rings is 1. The molecule has 88 valence electrons. The van der Waals surface area contributed by atoms with Crippen molar-refractivity contribution < 1.29 is 9.53 Å². The van der Waals surface area contributed by atoms with E-state index in [4.69, 9.17) is 0 Å². The molecule has 0 saturated heterocycles. The third-order valence-electron chi connectivity index (χ3n) is 2.56. The third kappa shape index (κ3) is 3.43. The third-order valence-corrected chi connectivity index (χ3v) is 3.29. The Kier molecular flexibility index (Phi) is 3.94. The van der Waals surface area contributed by atoms with E-state index in [0.29, 0.717) is 6.42 Å². The van der Waals surface area contributed by atoms with E-state index in [0.717, 1.165) is 12.0 Å². The maximum Gasteiger partial charge on any atom is 0.309 e. The van der Waals surface area contributed by atoms with E-state index in [1.54, 1.807) is 11.3 Å². The number of hydrogen-bond acceptors (Lipinski definition) is 3. The van der Waals surface area contributed by atoms with Crippen molar-refractivity contribution in [2.75, 3.05) is 7.11 Å². The average Bonchev–Trinajstić information content (AvgIpc) is 2.82. The largest absolute Gasteiger partial charge is 0.469 e. The molecule has 0 saturated carbocycles. The van der Waals surface area contributed by atoms with Gasteiger partial charge in [-0.2, -0.15) is 11.3 Å². The normalized spacial score (nSPS) is 10.2. The van der Waals surface area contributed by atoms with Crippen molar-refractivity contribution in [2.24, 2.45) is 0 Å². The van der Waals surface area contributed by atoms with E-state index < -0.39 is 0 Å². The van der Waals surface area contributed by atoms with E-state index >= 15 is 0 Å². The molecule has 17 heavy (non-hydrogen) atoms. The standard InChI is InChI=1S/C14H14O2S/c1-16-14(15)9-12-4-2-3-11(7-12)8-13-5-6-17-10-13/h2-7,10H,8-9H2,1H3. The van der Waals surface area contributed by atoms with Crippen LogP contribution in [0.1, 0.15) is 16.7 Å². The number of carbonyl (C=O) groups excluding carboxylic acids is 1. The van der Waals surface area contributed by atoms with Crippen molar-refractivity contribution in [3.63, 3.8) is 0 Å². The molecule has 2 aromatic rings. The van der Waals surface area contributed by atoms with Gasteiger partial charge in [0.05, 0.1) is 13.5 Å². The van der Waals surface area contributed by atoms with Gasteiger partial charge >= 0.3 is 5.97 Å². The summed E-state index contributed by atoms with van der Waals surface area (Å²) in [7, 11) is 1.41. The van der Waals surface area contributed by atoms with Gasteiger partial charge in [-0.05, 0) is 39.9 Å². The van der Waals surface area contributed by atoms with E-state index in [1.807, 2.05) is 12.1 Å². The first-order valence-electron chi connectivity index (χ1n) is 5.43. The summed E-state index contributed by atoms with van der Waals surface area (Å²) < 4.78 is 4.66. The maximum absolute atomic E-state index is 11.2. The van der Waals surface area contributed by atoms with Crippen molar-refractivity contribution in [3.05, 3.63) is 57.8 Å². The summed E-state index contributed by atoms with van der Waals surface area (Å²) >= 11 is 1.70. The monoisotopic (exact) mass is 246 g/mol. The molecule has 0 radical (unpaired) electrons. The Bertz CT molecular complexity index is 489. The first-order valence-corrected chi connectivity index (χ1v) is 6.38. The fraction of sp³-hybridized carbons (Fsp3) is 0.214. The molecule has 0 atom stereocenters. The second kappa shape index (κ2) is 5.64. The highest BCUT2D eigenvalue weighted by Crippen LogP contribution is 2.14. The first kappa shape index (κ1) is 11.9. The Labute approximate surface area is 105 Å². The molecule has 0 unspecified atom stereocenters. The van der Waals surface area contributed by atoms with Crippen LogP contribution in [0.2, 0.25) is 0 Å². The molecule has 0 amide bonds. The van der Waals surface area contributed by atoms with Crippen LogP contribution in [-0.4, -0.2) is 13.1 Å². The predicted molar refractivity (Wildman–Crippen MR) is 69.3 cm³/mol. The van der Waals surface area contributed by atoms with Crippen LogP contribution in [0.25, 0.3) is 0 Å². The lowest BCUT2D eigenvalue weighted by Gasteiger charge is -2.03. The number of carbonyl (C=O) groups is 1. The van der Waals surface area contributed by atoms with Crippen molar-refractivity contribution in [1.82, 2.24) is 0 Å². The van der Waals surface area contributed by atoms with Crippen molar-refractivity contribution in [3.8, 4) is 0 Å². The van der Waals surface area contributed by atoms with Crippen molar-refractivity contribution in [1.29, 1.82) is 0 Å². The molecule has 0 aliphatic heterocycles. The molecular weight excluding hydrogens is 232 g/mol. The quantitative estimate of drug-likeness (QED) is 0.775. The fourth-order valence-corrected chi connectivity index (χ4v) is 2.39. The van der Waals surface area contributed by atoms with Gasteiger partial charge in [-0.1, -0.05) is 24.3 Å². The zero-order valence-corrected chi connectivity index (χ0v) is 10.5. The lowest BCUT2D eigenvalue weighted by Crippen LogP contribution is -2.04. The van der Waals surface area contributed by atoms with Crippen LogP contribution in [0.3, 0.4) is 0 Å². The predicted octanol–water partition coefficient (Wildman–Crippen LogP) is 3.05. The minimum absolute atomic E-state index is 0.197. The SMILES string of the molecule is COC(=O)Cc1cccc(Cc2ccsc2)c1. The summed E-state index contributed by atoms with van der Waals surface area (Å²) in [5, 5.41) is 4.22. The molecule has 0 N–H and O–H groups in total. The van der Waals surface area contributed by atoms with Gasteiger partial charge in [-0.3, -0.25) is 4.79 Å². The van der Waals surface area contributed by atoms with Crippen molar-refractivity contribution >= 4 is 17.3 Å². The number of esters is 1. The summed E-state index contributed by atoms with van der Waals surface area (Å²) in [6.45, 7) is 0. The van der Waals surface area contributed by atoms with Crippen LogP contribution >= 0.6 is 11.3 Å². The molecule has 1 aromatic heterocycles. The van der Waals surface area contributed by atoms with E-state index in [9.17, 15) is 4.79 Å². The molecule has 0 bridgehead atoms. The van der Waals surface area contributed by atoms with Gasteiger partial charge in [-0.15, -0.1) is 0 Å². The Balaban J connectivity index is 2.08. The Morgan fingerprint density at radius 3 is 2.76 bits per heavy atom. The summed E-state index contributed by atoms with van der Waals surface area (Å²) in [4.78, 5) is 11.2. The van der Waals surface area contributed by atoms with Gasteiger partial charge in [0.2, 0.25) is 0 Å². The molecule has 1 aromatic carbocycles. The zero-order chi connectivity index (χ0) is 12.1. The van der Waals surface area contributed by atoms with Crippen LogP contribution in [0.5, 0.6) is 0 Å². The average molecular weight is 246 g/mol. The van der Waals surface area contributed by atoms with E-state index in [2.05, 4.69) is 33.7 Å². The molecular formula is C14H14O2S. The van der Waals surface area contributed by atoms with E-state index in [-0.39, 0.29) is 5.97 Å². The molecule has 0 aliphatic rings. The highest BCUT2D eigenvalue weighted by molar-refractivity contribution is 7.07. The molecule has 0 fully saturated rings. The number of methoxy groups -OCH3 is 1. The molecule has 0 aliphatic carbocycles. The molecule has 1 heterocycles. The van der Waals surface area contributed by atoms with Crippen LogP contribution in [0, 0.1) is 0 Å². The molecule has 3 heteroatoms. The summed E-state index contributed by atoms with van der Waals surface area (Å²) in [5.74, 6) is -0.197. The van der Waals surface area contributed by atoms with Crippen molar-refractivity contribution in [2.45, 2.75) is 12.8 Å². The van der Waals surface area contributed by atoms with Gasteiger partial charge in [0, 0.05) is 0 Å². The number of hydrogen-bond donors (Lipinski definition) is 0. The van der Waals surface area contributed by atoms with Gasteiger partial charge in [0.25, 0.3) is 0 Å². The molecule has 2 rings (SSSR count). The maximum atomic E-state index is 11.2. The molecule has 2 nitrogen and oxygen atoms in total. The number of rotatable bonds is 4. The van der Waals surface area contributed by atoms with Gasteiger partial charge in [0.1, 0.15) is 0 Å². The Morgan fingerprint density at radius 2 is 2.06 bits per heavy atom. The van der Waals surface area contributed by atoms with Crippen LogP contribution in [0.15, 0.2) is 41.1 Å². The second-order valence-corrected chi connectivity index (χ2v) is 4.66. The van der Waals surface area contributed by atoms with E-state index in [1.165, 1.54) is 18.2 Å². The smallest absolute Gasteiger partial charge is 0.309 e. The number of benzene rings is 1. The second-order valence-electron chi connectivity index (χ2n) is 3.88. The fourth-order valence-electron chi connectivity index (χ4n) is 1.72. The summed E-state index contributed by atoms with van der Waals surface area (Å²) in [6, 6.07) is 10.2. The highest BCUT2D eigenvalue weighted by Gasteiger charge is 2.04. The minimum Gasteiger partial charge on any atom is -0.469 e. The van der Waals surface area contributed by atoms with Gasteiger partial charge in [0.15, 0.2) is 0 Å². The first-order chi connectivity index (χ1) is 8.28. The van der Waals surface area contributed by atoms with Crippen LogP contribution in [-0.2, 0) is 22.4 Å². The number of ether oxygens (including phenoxy) is 1. The van der Waals surface area contributed by atoms with Crippen LogP contribution < -0.4 is 0 Å². The van der Waals surface area contributed by atoms with Gasteiger partial charge < -0.3 is 4.74 Å². The molecule has 0 spiro atoms. The summed E-state index contributed by atoms with van der Waals surface area (Å²) in [5.41, 5.74) is 3.54. The zero-order valence-electron chi connectivity index (χ0n) is 9.68. The Hall–Kier alpha value is -1.61. The highest BCUT2D eigenvalue weighted by atomic mass is 32.1. The van der Waals surface area contributed by atoms with Gasteiger partial charge in [-0.25, -0.2) is 0 Å². The summed E-state index contributed by atoms with van der Waals surface area (Å²) in [6.07, 6.45) is 1.26. The minimum atomic E-state index is -0.197. The topological polar surface area (TPSA) is 26.3 Å². The lowest BCUT2D eigenvalue weighted by molar-refractivity contribution is -0.139. The van der Waals surface area contributed by atoms with Crippen LogP contribution in [0.4, 0.5) is 0 Å². The Morgan fingerprint density at radius 1 is 1.24 bits per heavy atom.